The van der Waals surface area contributed by atoms with Crippen molar-refractivity contribution in [3.05, 3.63) is 0 Å². The van der Waals surface area contributed by atoms with Gasteiger partial charge in [-0.15, -0.1) is 0 Å². The van der Waals surface area contributed by atoms with E-state index >= 15 is 0 Å². The van der Waals surface area contributed by atoms with Gasteiger partial charge in [0.05, 0.1) is 19.2 Å². The van der Waals surface area contributed by atoms with E-state index in [9.17, 15) is 53.1 Å². The molecule has 24 heteroatoms. The number of aliphatic hydroxyl groups excluding tert-OH is 1. The molecule has 1 aliphatic heterocycles. The molecule has 1 aliphatic rings. The van der Waals surface area contributed by atoms with Gasteiger partial charge in [-0.1, -0.05) is 54.4 Å². The molecule has 13 N–H and O–H groups in total. The first-order chi connectivity index (χ1) is 32.4. The molecule has 8 atom stereocenters. The average Bonchev–Trinajstić information content (AvgIpc) is 3.76. The lowest BCUT2D eigenvalue weighted by atomic mass is 9.99. The predicted octanol–water partition coefficient (Wildman–Crippen LogP) is -2.65. The Bertz CT molecular complexity index is 1790. The summed E-state index contributed by atoms with van der Waals surface area (Å²) in [6, 6.07) is -8.22. The molecule has 0 aromatic rings. The first-order valence-electron chi connectivity index (χ1n) is 24.0. The third-order valence-corrected chi connectivity index (χ3v) is 11.2. The molecule has 10 amide bonds. The molecule has 392 valence electrons. The van der Waals surface area contributed by atoms with Crippen LogP contribution in [0.2, 0.25) is 0 Å². The summed E-state index contributed by atoms with van der Waals surface area (Å²) in [6.45, 7) is 14.9. The summed E-state index contributed by atoms with van der Waals surface area (Å²) in [5.74, 6) is -7.11. The highest BCUT2D eigenvalue weighted by molar-refractivity contribution is 5.98. The number of hydrogen-bond acceptors (Lipinski definition) is 12. The molecule has 0 aliphatic carbocycles. The largest absolute Gasteiger partial charge is 0.391 e. The molecule has 1 rings (SSSR count). The van der Waals surface area contributed by atoms with E-state index in [0.29, 0.717) is 45.2 Å². The van der Waals surface area contributed by atoms with E-state index in [1.165, 1.54) is 25.8 Å². The van der Waals surface area contributed by atoms with Crippen molar-refractivity contribution in [3.63, 3.8) is 0 Å². The summed E-state index contributed by atoms with van der Waals surface area (Å²) in [6.07, 6.45) is 1.12. The number of nitrogens with two attached hydrogens (primary N) is 2. The number of amides is 10. The van der Waals surface area contributed by atoms with E-state index in [0.717, 1.165) is 4.90 Å². The zero-order chi connectivity index (χ0) is 52.5. The molecule has 0 saturated carbocycles. The number of aliphatic imine (C=N–C) groups is 1. The van der Waals surface area contributed by atoms with Gasteiger partial charge < -0.3 is 68.9 Å². The molecular weight excluding hydrogens is 899 g/mol. The topological polar surface area (TPSA) is 358 Å². The average molecular weight is 980 g/mol. The van der Waals surface area contributed by atoms with Gasteiger partial charge in [-0.05, 0) is 70.6 Å². The molecule has 24 nitrogen and oxygen atoms in total. The lowest BCUT2D eigenvalue weighted by molar-refractivity contribution is -0.142. The maximum atomic E-state index is 14.0. The van der Waals surface area contributed by atoms with Crippen molar-refractivity contribution in [1.82, 2.24) is 52.3 Å². The van der Waals surface area contributed by atoms with Crippen LogP contribution in [0.1, 0.15) is 120 Å². The lowest BCUT2D eigenvalue weighted by Crippen LogP contribution is -2.62. The molecule has 69 heavy (non-hydrogen) atoms. The van der Waals surface area contributed by atoms with Crippen LogP contribution >= 0.6 is 0 Å². The highest BCUT2D eigenvalue weighted by Crippen LogP contribution is 2.20. The van der Waals surface area contributed by atoms with Crippen molar-refractivity contribution in [2.45, 2.75) is 168 Å². The number of carbonyl (C=O) groups is 10. The van der Waals surface area contributed by atoms with Crippen molar-refractivity contribution < 1.29 is 53.1 Å². The molecule has 0 radical (unpaired) electrons. The summed E-state index contributed by atoms with van der Waals surface area (Å²) < 4.78 is 0. The Morgan fingerprint density at radius 3 is 1.74 bits per heavy atom. The van der Waals surface area contributed by atoms with Gasteiger partial charge in [-0.25, -0.2) is 0 Å². The molecule has 0 aromatic carbocycles. The summed E-state index contributed by atoms with van der Waals surface area (Å²) in [5, 5.41) is 31.7. The van der Waals surface area contributed by atoms with Gasteiger partial charge in [0, 0.05) is 33.6 Å². The standard InChI is InChI=1S/C45H81N13O11/c1-11-16-29(39(64)53-31(18-14-20-49-45(46)47)44(69)58-21-15-19-33(58)41(66)48-13-3)51-38(63)30(17-12-2)52-43(68)37(27(8)59)56-40(65)32(22-25(4)5)54-42(67)36(26(6)7)55-34(61)23-50-35(62)24-57(10)28(9)60/h25-27,29-33,36-37,59H,11-24H2,1-10H3,(H,48,66)(H,50,62)(H,51,63)(H,52,68)(H,53,64)(H,54,67)(H,55,61)(H,56,65)(H4,46,47,49)/t27-,29+,30+,31+,32-,33+,36+,37+/m1/s1. The van der Waals surface area contributed by atoms with Crippen LogP contribution in [-0.2, 0) is 47.9 Å². The first-order valence-corrected chi connectivity index (χ1v) is 24.0. The number of carbonyl (C=O) groups excluding carboxylic acids is 10. The summed E-state index contributed by atoms with van der Waals surface area (Å²) in [7, 11) is 1.42. The third-order valence-electron chi connectivity index (χ3n) is 11.2. The van der Waals surface area contributed by atoms with Crippen LogP contribution in [0, 0.1) is 11.8 Å². The van der Waals surface area contributed by atoms with E-state index in [-0.39, 0.29) is 62.5 Å². The Morgan fingerprint density at radius 1 is 0.696 bits per heavy atom. The molecule has 0 aromatic heterocycles. The second-order valence-electron chi connectivity index (χ2n) is 18.2. The minimum atomic E-state index is -1.61. The molecule has 0 unspecified atom stereocenters. The monoisotopic (exact) mass is 980 g/mol. The van der Waals surface area contributed by atoms with E-state index in [2.05, 4.69) is 47.5 Å². The summed E-state index contributed by atoms with van der Waals surface area (Å²) in [5.41, 5.74) is 11.0. The van der Waals surface area contributed by atoms with Gasteiger partial charge in [0.25, 0.3) is 0 Å². The van der Waals surface area contributed by atoms with Crippen LogP contribution in [0.4, 0.5) is 0 Å². The fraction of sp³-hybridized carbons (Fsp3) is 0.756. The van der Waals surface area contributed by atoms with Crippen molar-refractivity contribution in [2.24, 2.45) is 28.3 Å². The van der Waals surface area contributed by atoms with Gasteiger partial charge in [0.2, 0.25) is 59.1 Å². The van der Waals surface area contributed by atoms with Crippen molar-refractivity contribution in [1.29, 1.82) is 0 Å². The number of rotatable bonds is 30. The van der Waals surface area contributed by atoms with E-state index in [1.54, 1.807) is 48.5 Å². The van der Waals surface area contributed by atoms with Crippen LogP contribution in [0.25, 0.3) is 0 Å². The highest BCUT2D eigenvalue weighted by atomic mass is 16.3. The van der Waals surface area contributed by atoms with Gasteiger partial charge >= 0.3 is 0 Å². The maximum absolute atomic E-state index is 14.0. The fourth-order valence-electron chi connectivity index (χ4n) is 7.42. The Labute approximate surface area is 406 Å². The Morgan fingerprint density at radius 2 is 1.23 bits per heavy atom. The zero-order valence-corrected chi connectivity index (χ0v) is 42.2. The fourth-order valence-corrected chi connectivity index (χ4v) is 7.42. The van der Waals surface area contributed by atoms with Crippen LogP contribution in [0.3, 0.4) is 0 Å². The normalized spacial score (nSPS) is 16.3. The van der Waals surface area contributed by atoms with E-state index < -0.39 is 108 Å². The van der Waals surface area contributed by atoms with Gasteiger partial charge in [0.1, 0.15) is 42.3 Å². The van der Waals surface area contributed by atoms with Crippen molar-refractivity contribution in [3.8, 4) is 0 Å². The Hall–Kier alpha value is -6.07. The lowest BCUT2D eigenvalue weighted by Gasteiger charge is -2.30. The molecular formula is C45H81N13O11. The Balaban J connectivity index is 3.24. The van der Waals surface area contributed by atoms with Gasteiger partial charge in [-0.3, -0.25) is 52.9 Å². The number of guanidine groups is 1. The zero-order valence-electron chi connectivity index (χ0n) is 42.2. The van der Waals surface area contributed by atoms with E-state index in [1.807, 2.05) is 0 Å². The SMILES string of the molecule is CCC[C@H](NC(=O)[C@H](CCC)NC(=O)[C@@H](NC(=O)[C@@H](CC(C)C)NC(=O)[C@@H](NC(=O)CNC(=O)CN(C)C(C)=O)C(C)C)[C@@H](C)O)C(=O)N[C@@H](CCCN=C(N)N)C(=O)N1CCC[C@H]1C(=O)NCC. The number of likely N-dealkylation sites (tertiary alicyclic amines) is 1. The van der Waals surface area contributed by atoms with Crippen LogP contribution in [0.5, 0.6) is 0 Å². The minimum Gasteiger partial charge on any atom is -0.391 e. The predicted molar refractivity (Wildman–Crippen MR) is 257 cm³/mol. The number of nitrogens with one attached hydrogen (secondary N) is 8. The molecule has 1 heterocycles. The van der Waals surface area contributed by atoms with Gasteiger partial charge in [-0.2, -0.15) is 0 Å². The van der Waals surface area contributed by atoms with Crippen LogP contribution in [-0.4, -0.2) is 168 Å². The molecule has 0 spiro atoms. The number of nitrogens with zero attached hydrogens (tertiary/aromatic N) is 3. The van der Waals surface area contributed by atoms with Gasteiger partial charge in [0.15, 0.2) is 5.96 Å². The molecule has 0 bridgehead atoms. The highest BCUT2D eigenvalue weighted by Gasteiger charge is 2.39. The van der Waals surface area contributed by atoms with Crippen LogP contribution < -0.4 is 54.0 Å². The molecule has 1 fully saturated rings. The summed E-state index contributed by atoms with van der Waals surface area (Å²) >= 11 is 0. The maximum Gasteiger partial charge on any atom is 0.245 e. The van der Waals surface area contributed by atoms with Crippen molar-refractivity contribution >= 4 is 65.0 Å². The van der Waals surface area contributed by atoms with E-state index in [4.69, 9.17) is 11.5 Å². The number of aliphatic hydroxyl groups is 1. The Kier molecular flexibility index (Phi) is 27.5. The number of hydrogen-bond donors (Lipinski definition) is 11. The second-order valence-corrected chi connectivity index (χ2v) is 18.2. The minimum absolute atomic E-state index is 0.0848. The summed E-state index contributed by atoms with van der Waals surface area (Å²) in [4.78, 5) is 139. The van der Waals surface area contributed by atoms with Crippen LogP contribution in [0.15, 0.2) is 4.99 Å². The smallest absolute Gasteiger partial charge is 0.245 e. The molecule has 1 saturated heterocycles. The number of likely N-dealkylation sites (N-methyl/N-ethyl adjacent to an activating group) is 2. The third kappa shape index (κ3) is 21.8. The van der Waals surface area contributed by atoms with Crippen molar-refractivity contribution in [2.75, 3.05) is 39.8 Å². The quantitative estimate of drug-likeness (QED) is 0.0199. The second kappa shape index (κ2) is 31.1. The first kappa shape index (κ1) is 60.9.